The minimum absolute atomic E-state index is 0.578. The number of rotatable bonds is 8. The van der Waals surface area contributed by atoms with Gasteiger partial charge in [-0.3, -0.25) is 4.79 Å². The Morgan fingerprint density at radius 1 is 1.37 bits per heavy atom. The van der Waals surface area contributed by atoms with Crippen LogP contribution in [-0.2, 0) is 16.6 Å². The number of carboxylic acid groups (broad SMARTS) is 1. The molecule has 0 radical (unpaired) electrons. The minimum atomic E-state index is -0.675. The Hall–Kier alpha value is -1.35. The van der Waals surface area contributed by atoms with Crippen LogP contribution in [0.5, 0.6) is 0 Å². The Balaban J connectivity index is 1.91. The summed E-state index contributed by atoms with van der Waals surface area (Å²) in [4.78, 5) is 11.3. The van der Waals surface area contributed by atoms with E-state index in [9.17, 15) is 9.90 Å². The molecule has 1 aromatic rings. The molecule has 19 heavy (non-hydrogen) atoms. The van der Waals surface area contributed by atoms with Gasteiger partial charge in [0.1, 0.15) is 0 Å². The molecule has 104 valence electrons. The van der Waals surface area contributed by atoms with E-state index >= 15 is 0 Å². The highest BCUT2D eigenvalue weighted by Crippen LogP contribution is 2.48. The second kappa shape index (κ2) is 6.20. The summed E-state index contributed by atoms with van der Waals surface area (Å²) in [5.74, 6) is -0.675. The van der Waals surface area contributed by atoms with E-state index in [1.165, 1.54) is 18.4 Å². The van der Waals surface area contributed by atoms with Crippen LogP contribution in [0.4, 0.5) is 0 Å². The second-order valence-corrected chi connectivity index (χ2v) is 5.44. The van der Waals surface area contributed by atoms with Gasteiger partial charge in [0.15, 0.2) is 0 Å². The van der Waals surface area contributed by atoms with Gasteiger partial charge in [-0.1, -0.05) is 37.6 Å². The largest absolute Gasteiger partial charge is 0.481 e. The Labute approximate surface area is 115 Å². The van der Waals surface area contributed by atoms with Gasteiger partial charge in [-0.25, -0.2) is 0 Å². The zero-order valence-corrected chi connectivity index (χ0v) is 11.6. The fourth-order valence-electron chi connectivity index (χ4n) is 2.44. The molecule has 1 fully saturated rings. The lowest BCUT2D eigenvalue weighted by atomic mass is 9.94. The molecule has 2 N–H and O–H groups in total. The molecule has 3 nitrogen and oxygen atoms in total. The smallest absolute Gasteiger partial charge is 0.314 e. The van der Waals surface area contributed by atoms with Gasteiger partial charge in [-0.2, -0.15) is 0 Å². The lowest BCUT2D eigenvalue weighted by molar-refractivity contribution is -0.140. The Kier molecular flexibility index (Phi) is 4.59. The van der Waals surface area contributed by atoms with Gasteiger partial charge in [0.05, 0.1) is 5.41 Å². The van der Waals surface area contributed by atoms with Crippen LogP contribution in [0, 0.1) is 0 Å². The summed E-state index contributed by atoms with van der Waals surface area (Å²) in [5.41, 5.74) is 1.63. The first kappa shape index (κ1) is 14.1. The van der Waals surface area contributed by atoms with Gasteiger partial charge in [0, 0.05) is 0 Å². The van der Waals surface area contributed by atoms with Crippen molar-refractivity contribution in [2.24, 2.45) is 0 Å². The molecule has 0 saturated heterocycles. The van der Waals surface area contributed by atoms with Crippen molar-refractivity contribution in [2.75, 3.05) is 13.1 Å². The van der Waals surface area contributed by atoms with Crippen LogP contribution in [0.3, 0.4) is 0 Å². The number of unbranched alkanes of at least 4 members (excludes halogenated alkanes) is 1. The van der Waals surface area contributed by atoms with E-state index in [1.54, 1.807) is 0 Å². The quantitative estimate of drug-likeness (QED) is 0.707. The summed E-state index contributed by atoms with van der Waals surface area (Å²) in [6.07, 6.45) is 4.94. The molecule has 0 unspecified atom stereocenters. The normalized spacial score (nSPS) is 16.3. The predicted octanol–water partition coefficient (Wildman–Crippen LogP) is 2.74. The van der Waals surface area contributed by atoms with E-state index in [1.807, 2.05) is 12.1 Å². The van der Waals surface area contributed by atoms with E-state index in [0.717, 1.165) is 37.9 Å². The lowest BCUT2D eigenvalue weighted by Crippen LogP contribution is -2.20. The zero-order valence-electron chi connectivity index (χ0n) is 11.6. The van der Waals surface area contributed by atoms with Crippen molar-refractivity contribution in [3.8, 4) is 0 Å². The average Bonchev–Trinajstić information content (AvgIpc) is 3.20. The first-order valence-electron chi connectivity index (χ1n) is 7.22. The molecule has 0 aromatic heterocycles. The van der Waals surface area contributed by atoms with Crippen LogP contribution in [0.25, 0.3) is 0 Å². The van der Waals surface area contributed by atoms with Crippen LogP contribution < -0.4 is 5.32 Å². The van der Waals surface area contributed by atoms with Crippen LogP contribution in [0.15, 0.2) is 24.3 Å². The van der Waals surface area contributed by atoms with Crippen molar-refractivity contribution in [3.63, 3.8) is 0 Å². The average molecular weight is 261 g/mol. The summed E-state index contributed by atoms with van der Waals surface area (Å²) in [7, 11) is 0. The van der Waals surface area contributed by atoms with Gasteiger partial charge in [0.25, 0.3) is 0 Å². The Morgan fingerprint density at radius 2 is 2.16 bits per heavy atom. The number of carbonyl (C=O) groups is 1. The van der Waals surface area contributed by atoms with Crippen LogP contribution in [0.2, 0.25) is 0 Å². The highest BCUT2D eigenvalue weighted by atomic mass is 16.4. The first-order chi connectivity index (χ1) is 9.19. The van der Waals surface area contributed by atoms with Gasteiger partial charge in [0.2, 0.25) is 0 Å². The molecule has 0 heterocycles. The van der Waals surface area contributed by atoms with Crippen LogP contribution >= 0.6 is 0 Å². The topological polar surface area (TPSA) is 49.3 Å². The highest BCUT2D eigenvalue weighted by molar-refractivity contribution is 5.84. The molecule has 1 aromatic carbocycles. The van der Waals surface area contributed by atoms with Crippen molar-refractivity contribution >= 4 is 5.97 Å². The summed E-state index contributed by atoms with van der Waals surface area (Å²) < 4.78 is 0. The third-order valence-corrected chi connectivity index (χ3v) is 3.94. The molecular weight excluding hydrogens is 238 g/mol. The summed E-state index contributed by atoms with van der Waals surface area (Å²) in [6.45, 7) is 4.21. The molecule has 0 atom stereocenters. The fourth-order valence-corrected chi connectivity index (χ4v) is 2.44. The summed E-state index contributed by atoms with van der Waals surface area (Å²) in [6, 6.07) is 8.10. The molecule has 0 spiro atoms. The number of carboxylic acids is 1. The fraction of sp³-hybridized carbons (Fsp3) is 0.562. The van der Waals surface area contributed by atoms with Crippen molar-refractivity contribution in [1.29, 1.82) is 0 Å². The number of hydrogen-bond donors (Lipinski definition) is 2. The third kappa shape index (κ3) is 3.35. The molecule has 1 aliphatic rings. The molecule has 0 aliphatic heterocycles. The maximum Gasteiger partial charge on any atom is 0.314 e. The SMILES string of the molecule is CCCCNCCc1cccc(C2(C(=O)O)CC2)c1. The number of aliphatic carboxylic acids is 1. The third-order valence-electron chi connectivity index (χ3n) is 3.94. The second-order valence-electron chi connectivity index (χ2n) is 5.44. The van der Waals surface area contributed by atoms with E-state index in [4.69, 9.17) is 0 Å². The zero-order chi connectivity index (χ0) is 13.7. The predicted molar refractivity (Wildman–Crippen MR) is 76.5 cm³/mol. The van der Waals surface area contributed by atoms with Gasteiger partial charge in [-0.05, 0) is 49.9 Å². The minimum Gasteiger partial charge on any atom is -0.481 e. The number of nitrogens with one attached hydrogen (secondary N) is 1. The summed E-state index contributed by atoms with van der Waals surface area (Å²) >= 11 is 0. The molecule has 2 rings (SSSR count). The monoisotopic (exact) mass is 261 g/mol. The number of hydrogen-bond acceptors (Lipinski definition) is 2. The molecule has 0 bridgehead atoms. The Morgan fingerprint density at radius 3 is 2.79 bits per heavy atom. The highest BCUT2D eigenvalue weighted by Gasteiger charge is 2.51. The molecule has 3 heteroatoms. The lowest BCUT2D eigenvalue weighted by Gasteiger charge is -2.12. The van der Waals surface area contributed by atoms with Crippen molar-refractivity contribution < 1.29 is 9.90 Å². The van der Waals surface area contributed by atoms with E-state index in [2.05, 4.69) is 24.4 Å². The maximum absolute atomic E-state index is 11.3. The van der Waals surface area contributed by atoms with Crippen LogP contribution in [-0.4, -0.2) is 24.2 Å². The van der Waals surface area contributed by atoms with E-state index in [-0.39, 0.29) is 0 Å². The first-order valence-corrected chi connectivity index (χ1v) is 7.22. The van der Waals surface area contributed by atoms with E-state index in [0.29, 0.717) is 0 Å². The van der Waals surface area contributed by atoms with Crippen molar-refractivity contribution in [3.05, 3.63) is 35.4 Å². The maximum atomic E-state index is 11.3. The molecule has 1 aliphatic carbocycles. The Bertz CT molecular complexity index is 438. The van der Waals surface area contributed by atoms with Crippen LogP contribution in [0.1, 0.15) is 43.7 Å². The summed E-state index contributed by atoms with van der Waals surface area (Å²) in [5, 5.41) is 12.7. The molecule has 0 amide bonds. The molecule has 1 saturated carbocycles. The van der Waals surface area contributed by atoms with Crippen molar-refractivity contribution in [1.82, 2.24) is 5.32 Å². The molecular formula is C16H23NO2. The van der Waals surface area contributed by atoms with Crippen molar-refractivity contribution in [2.45, 2.75) is 44.4 Å². The standard InChI is InChI=1S/C16H23NO2/c1-2-3-10-17-11-7-13-5-4-6-14(12-13)16(8-9-16)15(18)19/h4-6,12,17H,2-3,7-11H2,1H3,(H,18,19). The van der Waals surface area contributed by atoms with E-state index < -0.39 is 11.4 Å². The van der Waals surface area contributed by atoms with Gasteiger partial charge < -0.3 is 10.4 Å². The van der Waals surface area contributed by atoms with Gasteiger partial charge in [-0.15, -0.1) is 0 Å². The van der Waals surface area contributed by atoms with Gasteiger partial charge >= 0.3 is 5.97 Å². The number of benzene rings is 1.